The topological polar surface area (TPSA) is 34.1 Å². The van der Waals surface area contributed by atoms with Gasteiger partial charge in [0.25, 0.3) is 0 Å². The molecule has 1 aromatic rings. The fourth-order valence-corrected chi connectivity index (χ4v) is 1.53. The van der Waals surface area contributed by atoms with Gasteiger partial charge in [0.1, 0.15) is 12.1 Å². The second kappa shape index (κ2) is 5.32. The van der Waals surface area contributed by atoms with Crippen molar-refractivity contribution in [3.05, 3.63) is 35.9 Å². The molecule has 0 radical (unpaired) electrons. The van der Waals surface area contributed by atoms with E-state index in [1.165, 1.54) is 0 Å². The summed E-state index contributed by atoms with van der Waals surface area (Å²) in [7, 11) is 0. The number of hydrogen-bond donors (Lipinski definition) is 0. The Morgan fingerprint density at radius 3 is 2.50 bits per heavy atom. The molecule has 0 fully saturated rings. The number of carbonyl (C=O) groups excluding carboxylic acids is 2. The van der Waals surface area contributed by atoms with Gasteiger partial charge in [0.15, 0.2) is 0 Å². The summed E-state index contributed by atoms with van der Waals surface area (Å²) >= 11 is 0. The highest BCUT2D eigenvalue weighted by Gasteiger charge is 2.12. The third kappa shape index (κ3) is 3.13. The van der Waals surface area contributed by atoms with E-state index in [0.717, 1.165) is 11.8 Å². The monoisotopic (exact) mass is 190 g/mol. The molecule has 2 heteroatoms. The fraction of sp³-hybridized carbons (Fsp3) is 0.333. The molecular formula is C12H14O2. The molecule has 0 bridgehead atoms. The van der Waals surface area contributed by atoms with Crippen molar-refractivity contribution in [1.82, 2.24) is 0 Å². The number of benzene rings is 1. The van der Waals surface area contributed by atoms with Gasteiger partial charge >= 0.3 is 0 Å². The molecule has 0 N–H and O–H groups in total. The first-order valence-electron chi connectivity index (χ1n) is 4.72. The average Bonchev–Trinajstić information content (AvgIpc) is 2.18. The number of hydrogen-bond acceptors (Lipinski definition) is 2. The van der Waals surface area contributed by atoms with Crippen LogP contribution in [0.1, 0.15) is 31.2 Å². The molecule has 0 saturated carbocycles. The predicted octanol–water partition coefficient (Wildman–Crippen LogP) is 2.34. The molecule has 0 aliphatic heterocycles. The zero-order chi connectivity index (χ0) is 10.4. The molecule has 0 aromatic heterocycles. The summed E-state index contributed by atoms with van der Waals surface area (Å²) in [6.07, 6.45) is 1.74. The number of Topliss-reactive ketones (excluding diaryl/α,β-unsaturated/α-hetero) is 1. The van der Waals surface area contributed by atoms with Crippen LogP contribution in [-0.2, 0) is 9.59 Å². The fourth-order valence-electron chi connectivity index (χ4n) is 1.53. The zero-order valence-corrected chi connectivity index (χ0v) is 8.27. The van der Waals surface area contributed by atoms with Crippen molar-refractivity contribution in [2.75, 3.05) is 0 Å². The van der Waals surface area contributed by atoms with E-state index < -0.39 is 0 Å². The summed E-state index contributed by atoms with van der Waals surface area (Å²) in [4.78, 5) is 21.4. The molecule has 1 aromatic carbocycles. The van der Waals surface area contributed by atoms with Gasteiger partial charge in [-0.05, 0) is 18.4 Å². The van der Waals surface area contributed by atoms with Gasteiger partial charge < -0.3 is 9.59 Å². The van der Waals surface area contributed by atoms with E-state index in [9.17, 15) is 9.59 Å². The molecule has 14 heavy (non-hydrogen) atoms. The van der Waals surface area contributed by atoms with Crippen LogP contribution in [0.25, 0.3) is 0 Å². The van der Waals surface area contributed by atoms with Crippen molar-refractivity contribution in [2.24, 2.45) is 0 Å². The first-order chi connectivity index (χ1) is 6.74. The molecule has 0 aliphatic rings. The Balaban J connectivity index is 2.77. The number of aldehydes is 1. The molecule has 0 aliphatic carbocycles. The second-order valence-corrected chi connectivity index (χ2v) is 3.42. The van der Waals surface area contributed by atoms with Gasteiger partial charge in [0.2, 0.25) is 0 Å². The Hall–Kier alpha value is -1.44. The van der Waals surface area contributed by atoms with Crippen molar-refractivity contribution < 1.29 is 9.59 Å². The van der Waals surface area contributed by atoms with E-state index in [0.29, 0.717) is 12.8 Å². The van der Waals surface area contributed by atoms with E-state index in [2.05, 4.69) is 0 Å². The van der Waals surface area contributed by atoms with Gasteiger partial charge in [-0.1, -0.05) is 30.3 Å². The lowest BCUT2D eigenvalue weighted by atomic mass is 9.92. The molecule has 1 atom stereocenters. The van der Waals surface area contributed by atoms with E-state index >= 15 is 0 Å². The van der Waals surface area contributed by atoms with Crippen molar-refractivity contribution in [2.45, 2.75) is 25.7 Å². The quantitative estimate of drug-likeness (QED) is 0.668. The summed E-state index contributed by atoms with van der Waals surface area (Å²) in [5.74, 6) is 0.173. The van der Waals surface area contributed by atoms with Gasteiger partial charge in [0, 0.05) is 12.8 Å². The number of carbonyl (C=O) groups is 2. The lowest BCUT2D eigenvalue weighted by Crippen LogP contribution is -2.04. The predicted molar refractivity (Wildman–Crippen MR) is 55.2 cm³/mol. The Bertz CT molecular complexity index is 303. The van der Waals surface area contributed by atoms with Crippen LogP contribution in [0.15, 0.2) is 30.3 Å². The van der Waals surface area contributed by atoms with Crippen LogP contribution >= 0.6 is 0 Å². The minimum Gasteiger partial charge on any atom is -0.303 e. The minimum atomic E-state index is 0.0474. The first kappa shape index (κ1) is 10.6. The Morgan fingerprint density at radius 1 is 1.36 bits per heavy atom. The largest absolute Gasteiger partial charge is 0.303 e. The van der Waals surface area contributed by atoms with Gasteiger partial charge in [-0.3, -0.25) is 0 Å². The highest BCUT2D eigenvalue weighted by atomic mass is 16.1. The van der Waals surface area contributed by atoms with E-state index in [1.807, 2.05) is 30.3 Å². The van der Waals surface area contributed by atoms with E-state index in [4.69, 9.17) is 0 Å². The molecule has 1 rings (SSSR count). The lowest BCUT2D eigenvalue weighted by Gasteiger charge is -2.12. The van der Waals surface area contributed by atoms with Crippen molar-refractivity contribution in [3.63, 3.8) is 0 Å². The zero-order valence-electron chi connectivity index (χ0n) is 8.27. The second-order valence-electron chi connectivity index (χ2n) is 3.42. The van der Waals surface area contributed by atoms with Crippen LogP contribution in [0, 0.1) is 0 Å². The third-order valence-electron chi connectivity index (χ3n) is 2.19. The van der Waals surface area contributed by atoms with Crippen LogP contribution in [0.4, 0.5) is 0 Å². The van der Waals surface area contributed by atoms with Crippen LogP contribution < -0.4 is 0 Å². The molecule has 2 nitrogen and oxygen atoms in total. The maximum Gasteiger partial charge on any atom is 0.130 e. The SMILES string of the molecule is CC(=O)CC(CC=O)c1ccccc1. The van der Waals surface area contributed by atoms with Gasteiger partial charge in [-0.25, -0.2) is 0 Å². The molecular weight excluding hydrogens is 176 g/mol. The highest BCUT2D eigenvalue weighted by Crippen LogP contribution is 2.22. The van der Waals surface area contributed by atoms with Crippen molar-refractivity contribution in [1.29, 1.82) is 0 Å². The smallest absolute Gasteiger partial charge is 0.130 e. The maximum absolute atomic E-state index is 11.0. The minimum absolute atomic E-state index is 0.0474. The van der Waals surface area contributed by atoms with Crippen LogP contribution in [0.5, 0.6) is 0 Å². The van der Waals surface area contributed by atoms with Gasteiger partial charge in [-0.2, -0.15) is 0 Å². The number of ketones is 1. The Kier molecular flexibility index (Phi) is 4.05. The van der Waals surface area contributed by atoms with Crippen LogP contribution in [0.3, 0.4) is 0 Å². The van der Waals surface area contributed by atoms with Gasteiger partial charge in [-0.15, -0.1) is 0 Å². The van der Waals surface area contributed by atoms with Crippen LogP contribution in [0.2, 0.25) is 0 Å². The van der Waals surface area contributed by atoms with Crippen molar-refractivity contribution in [3.8, 4) is 0 Å². The van der Waals surface area contributed by atoms with E-state index in [-0.39, 0.29) is 11.7 Å². The molecule has 0 amide bonds. The third-order valence-corrected chi connectivity index (χ3v) is 2.19. The normalized spacial score (nSPS) is 12.1. The molecule has 0 heterocycles. The maximum atomic E-state index is 11.0. The summed E-state index contributed by atoms with van der Waals surface area (Å²) < 4.78 is 0. The Labute approximate surface area is 83.9 Å². The molecule has 74 valence electrons. The number of rotatable bonds is 5. The van der Waals surface area contributed by atoms with Gasteiger partial charge in [0.05, 0.1) is 0 Å². The molecule has 1 unspecified atom stereocenters. The van der Waals surface area contributed by atoms with Crippen molar-refractivity contribution >= 4 is 12.1 Å². The first-order valence-corrected chi connectivity index (χ1v) is 4.72. The molecule has 0 spiro atoms. The summed E-state index contributed by atoms with van der Waals surface area (Å²) in [5, 5.41) is 0. The average molecular weight is 190 g/mol. The van der Waals surface area contributed by atoms with E-state index in [1.54, 1.807) is 6.92 Å². The summed E-state index contributed by atoms with van der Waals surface area (Å²) in [5.41, 5.74) is 1.06. The standard InChI is InChI=1S/C12H14O2/c1-10(14)9-12(7-8-13)11-5-3-2-4-6-11/h2-6,8,12H,7,9H2,1H3. The summed E-state index contributed by atoms with van der Waals surface area (Å²) in [6.45, 7) is 1.56. The molecule has 0 saturated heterocycles. The lowest BCUT2D eigenvalue weighted by molar-refractivity contribution is -0.117. The highest BCUT2D eigenvalue weighted by molar-refractivity contribution is 5.77. The Morgan fingerprint density at radius 2 is 2.00 bits per heavy atom. The summed E-state index contributed by atoms with van der Waals surface area (Å²) in [6, 6.07) is 9.68. The van der Waals surface area contributed by atoms with Crippen LogP contribution in [-0.4, -0.2) is 12.1 Å².